The molecule has 0 amide bonds. The smallest absolute Gasteiger partial charge is 0.0195 e. The zero-order valence-corrected chi connectivity index (χ0v) is 12.4. The number of hydrogen-bond donors (Lipinski definition) is 1. The van der Waals surface area contributed by atoms with E-state index in [4.69, 9.17) is 0 Å². The zero-order valence-electron chi connectivity index (χ0n) is 12.4. The van der Waals surface area contributed by atoms with Crippen molar-refractivity contribution in [3.63, 3.8) is 0 Å². The van der Waals surface area contributed by atoms with E-state index < -0.39 is 0 Å². The second-order valence-electron chi connectivity index (χ2n) is 5.63. The maximum absolute atomic E-state index is 3.62. The van der Waals surface area contributed by atoms with Gasteiger partial charge in [-0.2, -0.15) is 0 Å². The summed E-state index contributed by atoms with van der Waals surface area (Å²) in [5, 5.41) is 3.62. The lowest BCUT2D eigenvalue weighted by molar-refractivity contribution is 0.182. The average Bonchev–Trinajstić information content (AvgIpc) is 2.96. The molecule has 0 spiro atoms. The number of nitrogens with one attached hydrogen (secondary N) is 1. The average molecular weight is 260 g/mol. The maximum atomic E-state index is 3.62. The van der Waals surface area contributed by atoms with Crippen molar-refractivity contribution in [3.8, 4) is 0 Å². The van der Waals surface area contributed by atoms with Gasteiger partial charge in [-0.15, -0.1) is 0 Å². The first-order valence-electron chi connectivity index (χ1n) is 7.84. The molecule has 0 saturated carbocycles. The Labute approximate surface area is 118 Å². The molecule has 1 N–H and O–H groups in total. The fourth-order valence-corrected chi connectivity index (χ4v) is 3.15. The van der Waals surface area contributed by atoms with Crippen molar-refractivity contribution in [2.45, 2.75) is 51.6 Å². The van der Waals surface area contributed by atoms with Crippen LogP contribution in [0.25, 0.3) is 0 Å². The SMILES string of the molecule is CCC(Cc1ccccc1)N(CC)CC1CCCN1. The van der Waals surface area contributed by atoms with Gasteiger partial charge >= 0.3 is 0 Å². The van der Waals surface area contributed by atoms with Crippen LogP contribution in [0.4, 0.5) is 0 Å². The first-order valence-corrected chi connectivity index (χ1v) is 7.84. The second kappa shape index (κ2) is 7.66. The minimum absolute atomic E-state index is 0.676. The van der Waals surface area contributed by atoms with Crippen LogP contribution in [0.5, 0.6) is 0 Å². The van der Waals surface area contributed by atoms with Gasteiger partial charge in [0.05, 0.1) is 0 Å². The van der Waals surface area contributed by atoms with E-state index in [2.05, 4.69) is 54.4 Å². The number of likely N-dealkylation sites (N-methyl/N-ethyl adjacent to an activating group) is 1. The fourth-order valence-electron chi connectivity index (χ4n) is 3.15. The van der Waals surface area contributed by atoms with Crippen LogP contribution >= 0.6 is 0 Å². The van der Waals surface area contributed by atoms with E-state index in [0.29, 0.717) is 12.1 Å². The molecule has 2 unspecified atom stereocenters. The van der Waals surface area contributed by atoms with E-state index in [0.717, 1.165) is 6.54 Å². The lowest BCUT2D eigenvalue weighted by Gasteiger charge is -2.32. The van der Waals surface area contributed by atoms with Crippen LogP contribution in [-0.2, 0) is 6.42 Å². The van der Waals surface area contributed by atoms with Gasteiger partial charge in [0, 0.05) is 18.6 Å². The number of benzene rings is 1. The van der Waals surface area contributed by atoms with E-state index in [1.807, 2.05) is 0 Å². The highest BCUT2D eigenvalue weighted by molar-refractivity contribution is 5.15. The highest BCUT2D eigenvalue weighted by Crippen LogP contribution is 2.15. The Morgan fingerprint density at radius 2 is 2.05 bits per heavy atom. The van der Waals surface area contributed by atoms with Gasteiger partial charge in [-0.3, -0.25) is 4.90 Å². The minimum atomic E-state index is 0.676. The predicted octanol–water partition coefficient (Wildman–Crippen LogP) is 3.08. The lowest BCUT2D eigenvalue weighted by atomic mass is 10.0. The summed E-state index contributed by atoms with van der Waals surface area (Å²) < 4.78 is 0. The second-order valence-corrected chi connectivity index (χ2v) is 5.63. The van der Waals surface area contributed by atoms with E-state index >= 15 is 0 Å². The van der Waals surface area contributed by atoms with E-state index in [1.165, 1.54) is 44.3 Å². The molecule has 1 aliphatic rings. The third kappa shape index (κ3) is 4.32. The summed E-state index contributed by atoms with van der Waals surface area (Å²) in [5.41, 5.74) is 1.46. The van der Waals surface area contributed by atoms with Gasteiger partial charge in [0.2, 0.25) is 0 Å². The van der Waals surface area contributed by atoms with E-state index in [1.54, 1.807) is 0 Å². The Bertz CT molecular complexity index is 344. The van der Waals surface area contributed by atoms with Gasteiger partial charge in [-0.25, -0.2) is 0 Å². The molecule has 0 aliphatic carbocycles. The molecule has 0 radical (unpaired) electrons. The first-order chi connectivity index (χ1) is 9.33. The van der Waals surface area contributed by atoms with Crippen molar-refractivity contribution in [2.24, 2.45) is 0 Å². The summed E-state index contributed by atoms with van der Waals surface area (Å²) in [7, 11) is 0. The van der Waals surface area contributed by atoms with E-state index in [-0.39, 0.29) is 0 Å². The first kappa shape index (κ1) is 14.5. The zero-order chi connectivity index (χ0) is 13.5. The highest BCUT2D eigenvalue weighted by Gasteiger charge is 2.21. The molecule has 2 nitrogen and oxygen atoms in total. The van der Waals surface area contributed by atoms with E-state index in [9.17, 15) is 0 Å². The molecule has 2 heteroatoms. The summed E-state index contributed by atoms with van der Waals surface area (Å²) in [6, 6.07) is 12.3. The topological polar surface area (TPSA) is 15.3 Å². The molecule has 19 heavy (non-hydrogen) atoms. The summed E-state index contributed by atoms with van der Waals surface area (Å²) >= 11 is 0. The summed E-state index contributed by atoms with van der Waals surface area (Å²) in [6.07, 6.45) is 5.10. The monoisotopic (exact) mass is 260 g/mol. The van der Waals surface area contributed by atoms with Crippen LogP contribution in [0.1, 0.15) is 38.7 Å². The summed E-state index contributed by atoms with van der Waals surface area (Å²) in [4.78, 5) is 2.66. The van der Waals surface area contributed by atoms with Crippen molar-refractivity contribution in [1.82, 2.24) is 10.2 Å². The van der Waals surface area contributed by atoms with Gasteiger partial charge in [0.15, 0.2) is 0 Å². The van der Waals surface area contributed by atoms with Crippen molar-refractivity contribution in [3.05, 3.63) is 35.9 Å². The molecule has 1 aliphatic heterocycles. The molecule has 106 valence electrons. The predicted molar refractivity (Wildman–Crippen MR) is 82.5 cm³/mol. The van der Waals surface area contributed by atoms with Crippen LogP contribution in [-0.4, -0.2) is 36.6 Å². The number of rotatable bonds is 7. The number of nitrogens with zero attached hydrogens (tertiary/aromatic N) is 1. The fraction of sp³-hybridized carbons (Fsp3) is 0.647. The van der Waals surface area contributed by atoms with Crippen LogP contribution in [0.2, 0.25) is 0 Å². The molecule has 2 atom stereocenters. The van der Waals surface area contributed by atoms with Gasteiger partial charge in [-0.1, -0.05) is 44.2 Å². The van der Waals surface area contributed by atoms with Crippen molar-refractivity contribution in [2.75, 3.05) is 19.6 Å². The van der Waals surface area contributed by atoms with Crippen LogP contribution in [0.3, 0.4) is 0 Å². The Balaban J connectivity index is 1.93. The Hall–Kier alpha value is -0.860. The molecule has 0 aromatic heterocycles. The normalized spacial score (nSPS) is 20.9. The molecule has 2 rings (SSSR count). The quantitative estimate of drug-likeness (QED) is 0.810. The molecule has 0 bridgehead atoms. The Morgan fingerprint density at radius 1 is 1.26 bits per heavy atom. The van der Waals surface area contributed by atoms with Crippen LogP contribution in [0.15, 0.2) is 30.3 Å². The van der Waals surface area contributed by atoms with Crippen molar-refractivity contribution < 1.29 is 0 Å². The molecule has 1 heterocycles. The van der Waals surface area contributed by atoms with Gasteiger partial charge in [-0.05, 0) is 44.3 Å². The van der Waals surface area contributed by atoms with Gasteiger partial charge in [0.1, 0.15) is 0 Å². The molecule has 1 saturated heterocycles. The maximum Gasteiger partial charge on any atom is 0.0195 e. The van der Waals surface area contributed by atoms with Gasteiger partial charge in [0.25, 0.3) is 0 Å². The minimum Gasteiger partial charge on any atom is -0.313 e. The third-order valence-corrected chi connectivity index (χ3v) is 4.33. The third-order valence-electron chi connectivity index (χ3n) is 4.33. The molecule has 1 aromatic carbocycles. The van der Waals surface area contributed by atoms with Crippen molar-refractivity contribution in [1.29, 1.82) is 0 Å². The largest absolute Gasteiger partial charge is 0.313 e. The summed E-state index contributed by atoms with van der Waals surface area (Å²) in [5.74, 6) is 0. The molecular weight excluding hydrogens is 232 g/mol. The molecule has 1 fully saturated rings. The standard InChI is InChI=1S/C17H28N2/c1-3-17(13-15-9-6-5-7-10-15)19(4-2)14-16-11-8-12-18-16/h5-7,9-10,16-18H,3-4,8,11-14H2,1-2H3. The molecule has 1 aromatic rings. The molecular formula is C17H28N2. The van der Waals surface area contributed by atoms with Crippen LogP contribution < -0.4 is 5.32 Å². The summed E-state index contributed by atoms with van der Waals surface area (Å²) in [6.45, 7) is 8.18. The van der Waals surface area contributed by atoms with Gasteiger partial charge < -0.3 is 5.32 Å². The highest BCUT2D eigenvalue weighted by atomic mass is 15.2. The van der Waals surface area contributed by atoms with Crippen LogP contribution in [0, 0.1) is 0 Å². The Kier molecular flexibility index (Phi) is 5.87. The number of hydrogen-bond acceptors (Lipinski definition) is 2. The lowest BCUT2D eigenvalue weighted by Crippen LogP contribution is -2.44. The Morgan fingerprint density at radius 3 is 2.63 bits per heavy atom. The van der Waals surface area contributed by atoms with Crippen molar-refractivity contribution >= 4 is 0 Å².